The number of hydrogen-bond acceptors (Lipinski definition) is 3. The Morgan fingerprint density at radius 3 is 2.94 bits per heavy atom. The molecule has 1 aromatic rings. The molecule has 100 valence electrons. The van der Waals surface area contributed by atoms with E-state index in [4.69, 9.17) is 0 Å². The summed E-state index contributed by atoms with van der Waals surface area (Å²) in [6.07, 6.45) is 0. The number of hydrogen-bond donors (Lipinski definition) is 1. The maximum Gasteiger partial charge on any atom is 0.0371 e. The van der Waals surface area contributed by atoms with E-state index in [1.165, 1.54) is 15.7 Å². The van der Waals surface area contributed by atoms with Gasteiger partial charge in [0.1, 0.15) is 0 Å². The fourth-order valence-electron chi connectivity index (χ4n) is 2.42. The number of rotatable bonds is 3. The van der Waals surface area contributed by atoms with Gasteiger partial charge in [-0.15, -0.1) is 0 Å². The molecule has 1 saturated heterocycles. The van der Waals surface area contributed by atoms with E-state index in [1.54, 1.807) is 0 Å². The average Bonchev–Trinajstić information content (AvgIpc) is 2.32. The Labute approximate surface area is 118 Å². The Bertz CT molecular complexity index is 408. The summed E-state index contributed by atoms with van der Waals surface area (Å²) in [6, 6.07) is 7.08. The number of benzene rings is 1. The SMILES string of the molecule is Cc1cc(N(C)CC2CN(C)CCN2)ccc1Br. The Morgan fingerprint density at radius 2 is 2.28 bits per heavy atom. The molecule has 18 heavy (non-hydrogen) atoms. The fourth-order valence-corrected chi connectivity index (χ4v) is 2.66. The van der Waals surface area contributed by atoms with Crippen molar-refractivity contribution in [2.75, 3.05) is 45.2 Å². The molecule has 0 aliphatic carbocycles. The van der Waals surface area contributed by atoms with Crippen LogP contribution >= 0.6 is 15.9 Å². The molecule has 1 fully saturated rings. The number of nitrogens with zero attached hydrogens (tertiary/aromatic N) is 2. The van der Waals surface area contributed by atoms with Crippen LogP contribution in [-0.2, 0) is 0 Å². The Kier molecular flexibility index (Phi) is 4.65. The smallest absolute Gasteiger partial charge is 0.0371 e. The highest BCUT2D eigenvalue weighted by atomic mass is 79.9. The van der Waals surface area contributed by atoms with E-state index in [-0.39, 0.29) is 0 Å². The first-order chi connectivity index (χ1) is 8.56. The molecule has 1 atom stereocenters. The van der Waals surface area contributed by atoms with Gasteiger partial charge in [0.05, 0.1) is 0 Å². The maximum absolute atomic E-state index is 3.58. The molecule has 1 unspecified atom stereocenters. The third-order valence-electron chi connectivity index (χ3n) is 3.54. The molecule has 3 nitrogen and oxygen atoms in total. The van der Waals surface area contributed by atoms with Gasteiger partial charge in [0, 0.05) is 49.4 Å². The second-order valence-corrected chi connectivity index (χ2v) is 6.08. The number of halogens is 1. The number of aryl methyl sites for hydroxylation is 1. The summed E-state index contributed by atoms with van der Waals surface area (Å²) in [4.78, 5) is 4.72. The first kappa shape index (κ1) is 13.8. The lowest BCUT2D eigenvalue weighted by atomic mass is 10.1. The van der Waals surface area contributed by atoms with Crippen LogP contribution in [0.5, 0.6) is 0 Å². The third-order valence-corrected chi connectivity index (χ3v) is 4.42. The molecule has 0 spiro atoms. The minimum atomic E-state index is 0.553. The molecule has 1 aromatic carbocycles. The summed E-state index contributed by atoms with van der Waals surface area (Å²) in [5.74, 6) is 0. The van der Waals surface area contributed by atoms with Gasteiger partial charge in [0.15, 0.2) is 0 Å². The third kappa shape index (κ3) is 3.46. The summed E-state index contributed by atoms with van der Waals surface area (Å²) < 4.78 is 1.18. The zero-order valence-corrected chi connectivity index (χ0v) is 13.0. The molecule has 4 heteroatoms. The number of anilines is 1. The normalized spacial score (nSPS) is 21.0. The van der Waals surface area contributed by atoms with Gasteiger partial charge in [-0.05, 0) is 37.7 Å². The molecule has 1 aliphatic heterocycles. The van der Waals surface area contributed by atoms with E-state index >= 15 is 0 Å². The van der Waals surface area contributed by atoms with E-state index in [9.17, 15) is 0 Å². The molecule has 0 aromatic heterocycles. The summed E-state index contributed by atoms with van der Waals surface area (Å²) in [5.41, 5.74) is 2.57. The van der Waals surface area contributed by atoms with Crippen molar-refractivity contribution in [1.82, 2.24) is 10.2 Å². The molecular weight excluding hydrogens is 290 g/mol. The van der Waals surface area contributed by atoms with Crippen LogP contribution < -0.4 is 10.2 Å². The highest BCUT2D eigenvalue weighted by Crippen LogP contribution is 2.22. The van der Waals surface area contributed by atoms with Gasteiger partial charge < -0.3 is 15.1 Å². The van der Waals surface area contributed by atoms with E-state index in [2.05, 4.69) is 70.3 Å². The van der Waals surface area contributed by atoms with Crippen LogP contribution in [0.3, 0.4) is 0 Å². The Morgan fingerprint density at radius 1 is 1.50 bits per heavy atom. The van der Waals surface area contributed by atoms with Crippen molar-refractivity contribution < 1.29 is 0 Å². The molecular formula is C14H22BrN3. The van der Waals surface area contributed by atoms with Gasteiger partial charge in [0.25, 0.3) is 0 Å². The fraction of sp³-hybridized carbons (Fsp3) is 0.571. The maximum atomic E-state index is 3.58. The highest BCUT2D eigenvalue weighted by molar-refractivity contribution is 9.10. The highest BCUT2D eigenvalue weighted by Gasteiger charge is 2.18. The van der Waals surface area contributed by atoms with E-state index < -0.39 is 0 Å². The first-order valence-electron chi connectivity index (χ1n) is 6.45. The molecule has 0 amide bonds. The van der Waals surface area contributed by atoms with Gasteiger partial charge in [0.2, 0.25) is 0 Å². The van der Waals surface area contributed by atoms with Crippen LogP contribution in [0.4, 0.5) is 5.69 Å². The van der Waals surface area contributed by atoms with Crippen LogP contribution in [0, 0.1) is 6.92 Å². The predicted octanol–water partition coefficient (Wildman–Crippen LogP) is 2.10. The van der Waals surface area contributed by atoms with Crippen LogP contribution in [0.1, 0.15) is 5.56 Å². The molecule has 0 saturated carbocycles. The molecule has 2 rings (SSSR count). The summed E-state index contributed by atoms with van der Waals surface area (Å²) in [6.45, 7) is 6.55. The van der Waals surface area contributed by atoms with Crippen LogP contribution in [0.25, 0.3) is 0 Å². The van der Waals surface area contributed by atoms with Crippen molar-refractivity contribution in [3.63, 3.8) is 0 Å². The monoisotopic (exact) mass is 311 g/mol. The van der Waals surface area contributed by atoms with E-state index in [0.717, 1.165) is 26.2 Å². The molecule has 1 N–H and O–H groups in total. The van der Waals surface area contributed by atoms with Gasteiger partial charge >= 0.3 is 0 Å². The topological polar surface area (TPSA) is 18.5 Å². The van der Waals surface area contributed by atoms with Crippen molar-refractivity contribution >= 4 is 21.6 Å². The van der Waals surface area contributed by atoms with Crippen LogP contribution in [0.15, 0.2) is 22.7 Å². The average molecular weight is 312 g/mol. The van der Waals surface area contributed by atoms with Gasteiger partial charge in [-0.2, -0.15) is 0 Å². The predicted molar refractivity (Wildman–Crippen MR) is 81.4 cm³/mol. The lowest BCUT2D eigenvalue weighted by molar-refractivity contribution is 0.241. The van der Waals surface area contributed by atoms with Gasteiger partial charge in [-0.1, -0.05) is 15.9 Å². The van der Waals surface area contributed by atoms with Gasteiger partial charge in [-0.25, -0.2) is 0 Å². The number of piperazine rings is 1. The quantitative estimate of drug-likeness (QED) is 0.922. The minimum Gasteiger partial charge on any atom is -0.373 e. The Balaban J connectivity index is 1.98. The second-order valence-electron chi connectivity index (χ2n) is 5.23. The lowest BCUT2D eigenvalue weighted by Crippen LogP contribution is -2.53. The van der Waals surface area contributed by atoms with E-state index in [0.29, 0.717) is 6.04 Å². The van der Waals surface area contributed by atoms with Crippen molar-refractivity contribution in [2.24, 2.45) is 0 Å². The molecule has 1 heterocycles. The minimum absolute atomic E-state index is 0.553. The molecule has 0 radical (unpaired) electrons. The first-order valence-corrected chi connectivity index (χ1v) is 7.25. The van der Waals surface area contributed by atoms with Crippen molar-refractivity contribution in [3.8, 4) is 0 Å². The zero-order valence-electron chi connectivity index (χ0n) is 11.4. The van der Waals surface area contributed by atoms with Gasteiger partial charge in [-0.3, -0.25) is 0 Å². The molecule has 1 aliphatic rings. The van der Waals surface area contributed by atoms with Crippen molar-refractivity contribution in [2.45, 2.75) is 13.0 Å². The standard InChI is InChI=1S/C14H22BrN3/c1-11-8-13(4-5-14(11)15)18(3)10-12-9-17(2)7-6-16-12/h4-5,8,12,16H,6-7,9-10H2,1-3H3. The molecule has 0 bridgehead atoms. The lowest BCUT2D eigenvalue weighted by Gasteiger charge is -2.34. The van der Waals surface area contributed by atoms with Crippen molar-refractivity contribution in [1.29, 1.82) is 0 Å². The number of nitrogens with one attached hydrogen (secondary N) is 1. The summed E-state index contributed by atoms with van der Waals surface area (Å²) >= 11 is 3.55. The van der Waals surface area contributed by atoms with Crippen molar-refractivity contribution in [3.05, 3.63) is 28.2 Å². The zero-order chi connectivity index (χ0) is 13.1. The van der Waals surface area contributed by atoms with E-state index in [1.807, 2.05) is 0 Å². The largest absolute Gasteiger partial charge is 0.373 e. The number of likely N-dealkylation sites (N-methyl/N-ethyl adjacent to an activating group) is 2. The summed E-state index contributed by atoms with van der Waals surface area (Å²) in [5, 5.41) is 3.58. The second kappa shape index (κ2) is 6.04. The van der Waals surface area contributed by atoms with Crippen LogP contribution in [0.2, 0.25) is 0 Å². The van der Waals surface area contributed by atoms with Crippen LogP contribution in [-0.4, -0.2) is 51.2 Å². The summed E-state index contributed by atoms with van der Waals surface area (Å²) in [7, 11) is 4.36. The Hall–Kier alpha value is -0.580.